The van der Waals surface area contributed by atoms with Gasteiger partial charge in [0.25, 0.3) is 0 Å². The van der Waals surface area contributed by atoms with Crippen LogP contribution >= 0.6 is 22.6 Å². The van der Waals surface area contributed by atoms with Crippen LogP contribution in [0, 0.1) is 9.49 Å². The minimum absolute atomic E-state index is 0.592. The molecule has 17 heavy (non-hydrogen) atoms. The van der Waals surface area contributed by atoms with Crippen molar-refractivity contribution in [3.8, 4) is 0 Å². The Bertz CT molecular complexity index is 367. The molecule has 0 aromatic carbocycles. The van der Waals surface area contributed by atoms with Crippen LogP contribution in [-0.4, -0.2) is 29.7 Å². The van der Waals surface area contributed by atoms with Crippen LogP contribution in [0.1, 0.15) is 25.6 Å². The van der Waals surface area contributed by atoms with Crippen molar-refractivity contribution in [2.24, 2.45) is 5.92 Å². The number of halogens is 1. The maximum Gasteiger partial charge on any atom is 0.143 e. The van der Waals surface area contributed by atoms with Crippen LogP contribution in [0.3, 0.4) is 0 Å². The predicted molar refractivity (Wildman–Crippen MR) is 76.2 cm³/mol. The first-order valence-electron chi connectivity index (χ1n) is 6.12. The molecule has 0 spiro atoms. The standard InChI is InChI=1S/C12H18IN3O/c1-2-4-14-12-10(13)7-15-11(16-12)6-9-3-5-17-8-9/h7,9H,2-6,8H2,1H3,(H,14,15,16). The van der Waals surface area contributed by atoms with Gasteiger partial charge in [-0.3, -0.25) is 0 Å². The van der Waals surface area contributed by atoms with Gasteiger partial charge in [0.05, 0.1) is 3.57 Å². The number of nitrogens with one attached hydrogen (secondary N) is 1. The maximum absolute atomic E-state index is 5.38. The molecule has 94 valence electrons. The van der Waals surface area contributed by atoms with E-state index in [2.05, 4.69) is 44.8 Å². The summed E-state index contributed by atoms with van der Waals surface area (Å²) in [6.45, 7) is 4.85. The van der Waals surface area contributed by atoms with Crippen molar-refractivity contribution in [2.75, 3.05) is 25.1 Å². The first-order chi connectivity index (χ1) is 8.29. The fraction of sp³-hybridized carbons (Fsp3) is 0.667. The van der Waals surface area contributed by atoms with Crippen molar-refractivity contribution in [3.63, 3.8) is 0 Å². The summed E-state index contributed by atoms with van der Waals surface area (Å²) in [5, 5.41) is 3.34. The molecule has 5 heteroatoms. The molecule has 1 aliphatic rings. The average Bonchev–Trinajstić information content (AvgIpc) is 2.82. The van der Waals surface area contributed by atoms with Crippen LogP contribution in [0.25, 0.3) is 0 Å². The minimum atomic E-state index is 0.592. The van der Waals surface area contributed by atoms with Crippen molar-refractivity contribution >= 4 is 28.4 Å². The summed E-state index contributed by atoms with van der Waals surface area (Å²) in [5.41, 5.74) is 0. The van der Waals surface area contributed by atoms with Crippen LogP contribution in [0.15, 0.2) is 6.20 Å². The summed E-state index contributed by atoms with van der Waals surface area (Å²) in [4.78, 5) is 8.98. The summed E-state index contributed by atoms with van der Waals surface area (Å²) in [5.74, 6) is 2.49. The molecule has 0 saturated carbocycles. The van der Waals surface area contributed by atoms with E-state index in [1.807, 2.05) is 6.20 Å². The number of aromatic nitrogens is 2. The molecule has 2 rings (SSSR count). The van der Waals surface area contributed by atoms with Crippen LogP contribution < -0.4 is 5.32 Å². The highest BCUT2D eigenvalue weighted by molar-refractivity contribution is 14.1. The Morgan fingerprint density at radius 1 is 1.59 bits per heavy atom. The smallest absolute Gasteiger partial charge is 0.143 e. The van der Waals surface area contributed by atoms with Gasteiger partial charge in [0.15, 0.2) is 0 Å². The summed E-state index contributed by atoms with van der Waals surface area (Å²) < 4.78 is 6.46. The number of anilines is 1. The summed E-state index contributed by atoms with van der Waals surface area (Å²) in [7, 11) is 0. The first kappa shape index (κ1) is 13.0. The van der Waals surface area contributed by atoms with E-state index in [0.29, 0.717) is 5.92 Å². The third-order valence-electron chi connectivity index (χ3n) is 2.83. The van der Waals surface area contributed by atoms with Gasteiger partial charge in [0, 0.05) is 32.4 Å². The third-order valence-corrected chi connectivity index (χ3v) is 3.62. The Kier molecular flexibility index (Phi) is 4.97. The number of rotatable bonds is 5. The lowest BCUT2D eigenvalue weighted by atomic mass is 10.1. The second-order valence-electron chi connectivity index (χ2n) is 4.34. The fourth-order valence-corrected chi connectivity index (χ4v) is 2.32. The molecule has 4 nitrogen and oxygen atoms in total. The van der Waals surface area contributed by atoms with Crippen LogP contribution in [-0.2, 0) is 11.2 Å². The zero-order chi connectivity index (χ0) is 12.1. The number of ether oxygens (including phenoxy) is 1. The van der Waals surface area contributed by atoms with Crippen LogP contribution in [0.4, 0.5) is 5.82 Å². The van der Waals surface area contributed by atoms with E-state index in [1.54, 1.807) is 0 Å². The number of nitrogens with zero attached hydrogens (tertiary/aromatic N) is 2. The van der Waals surface area contributed by atoms with E-state index in [-0.39, 0.29) is 0 Å². The Morgan fingerprint density at radius 2 is 2.47 bits per heavy atom. The Morgan fingerprint density at radius 3 is 3.18 bits per heavy atom. The highest BCUT2D eigenvalue weighted by atomic mass is 127. The topological polar surface area (TPSA) is 47.0 Å². The fourth-order valence-electron chi connectivity index (χ4n) is 1.87. The van der Waals surface area contributed by atoms with E-state index in [1.165, 1.54) is 0 Å². The van der Waals surface area contributed by atoms with E-state index in [0.717, 1.165) is 54.2 Å². The van der Waals surface area contributed by atoms with Crippen molar-refractivity contribution in [3.05, 3.63) is 15.6 Å². The van der Waals surface area contributed by atoms with Gasteiger partial charge < -0.3 is 10.1 Å². The molecular weight excluding hydrogens is 329 g/mol. The Balaban J connectivity index is 2.01. The van der Waals surface area contributed by atoms with Gasteiger partial charge in [-0.1, -0.05) is 6.92 Å². The van der Waals surface area contributed by atoms with Gasteiger partial charge >= 0.3 is 0 Å². The molecule has 0 radical (unpaired) electrons. The zero-order valence-corrected chi connectivity index (χ0v) is 12.2. The predicted octanol–water partition coefficient (Wildman–Crippen LogP) is 2.48. The molecule has 0 amide bonds. The van der Waals surface area contributed by atoms with Crippen LogP contribution in [0.5, 0.6) is 0 Å². The van der Waals surface area contributed by atoms with Gasteiger partial charge in [0.2, 0.25) is 0 Å². The molecule has 0 bridgehead atoms. The molecule has 1 N–H and O–H groups in total. The van der Waals surface area contributed by atoms with E-state index in [4.69, 9.17) is 4.74 Å². The molecule has 1 atom stereocenters. The minimum Gasteiger partial charge on any atom is -0.381 e. The SMILES string of the molecule is CCCNc1nc(CC2CCOC2)ncc1I. The quantitative estimate of drug-likeness (QED) is 0.832. The van der Waals surface area contributed by atoms with Gasteiger partial charge in [-0.2, -0.15) is 0 Å². The number of hydrogen-bond acceptors (Lipinski definition) is 4. The van der Waals surface area contributed by atoms with Crippen molar-refractivity contribution in [2.45, 2.75) is 26.2 Å². The van der Waals surface area contributed by atoms with E-state index in [9.17, 15) is 0 Å². The van der Waals surface area contributed by atoms with Crippen LogP contribution in [0.2, 0.25) is 0 Å². The number of hydrogen-bond donors (Lipinski definition) is 1. The third kappa shape index (κ3) is 3.77. The van der Waals surface area contributed by atoms with E-state index >= 15 is 0 Å². The molecule has 1 aromatic rings. The van der Waals surface area contributed by atoms with Crippen molar-refractivity contribution in [1.29, 1.82) is 0 Å². The zero-order valence-electron chi connectivity index (χ0n) is 10.1. The van der Waals surface area contributed by atoms with Gasteiger partial charge in [-0.15, -0.1) is 0 Å². The second kappa shape index (κ2) is 6.49. The van der Waals surface area contributed by atoms with Gasteiger partial charge in [0.1, 0.15) is 11.6 Å². The van der Waals surface area contributed by atoms with E-state index < -0.39 is 0 Å². The largest absolute Gasteiger partial charge is 0.381 e. The summed E-state index contributed by atoms with van der Waals surface area (Å²) in [6, 6.07) is 0. The molecule has 1 aliphatic heterocycles. The van der Waals surface area contributed by atoms with Gasteiger partial charge in [-0.05, 0) is 41.4 Å². The van der Waals surface area contributed by atoms with Crippen molar-refractivity contribution < 1.29 is 4.74 Å². The maximum atomic E-state index is 5.38. The average molecular weight is 347 g/mol. The molecular formula is C12H18IN3O. The molecule has 2 heterocycles. The molecule has 0 aliphatic carbocycles. The van der Waals surface area contributed by atoms with Crippen molar-refractivity contribution in [1.82, 2.24) is 9.97 Å². The highest BCUT2D eigenvalue weighted by Crippen LogP contribution is 2.19. The highest BCUT2D eigenvalue weighted by Gasteiger charge is 2.17. The Hall–Kier alpha value is -0.430. The van der Waals surface area contributed by atoms with Gasteiger partial charge in [-0.25, -0.2) is 9.97 Å². The lowest BCUT2D eigenvalue weighted by Crippen LogP contribution is -2.11. The molecule has 1 fully saturated rings. The lowest BCUT2D eigenvalue weighted by Gasteiger charge is -2.10. The Labute approximate surface area is 116 Å². The molecule has 1 saturated heterocycles. The second-order valence-corrected chi connectivity index (χ2v) is 5.51. The lowest BCUT2D eigenvalue weighted by molar-refractivity contribution is 0.185. The summed E-state index contributed by atoms with van der Waals surface area (Å²) in [6.07, 6.45) is 5.06. The monoisotopic (exact) mass is 347 g/mol. The first-order valence-corrected chi connectivity index (χ1v) is 7.20. The molecule has 1 unspecified atom stereocenters. The normalized spacial score (nSPS) is 19.5. The summed E-state index contributed by atoms with van der Waals surface area (Å²) >= 11 is 2.27. The molecule has 1 aromatic heterocycles.